The molecule has 1 aromatic heterocycles. The Morgan fingerprint density at radius 2 is 1.67 bits per heavy atom. The summed E-state index contributed by atoms with van der Waals surface area (Å²) in [6, 6.07) is 7.29. The first-order chi connectivity index (χ1) is 13.0. The molecule has 0 amide bonds. The van der Waals surface area contributed by atoms with Crippen molar-refractivity contribution in [2.24, 2.45) is 0 Å². The average Bonchev–Trinajstić information content (AvgIpc) is 3.01. The number of hydrogen-bond donors (Lipinski definition) is 0. The number of hydrogen-bond acceptors (Lipinski definition) is 7. The Hall–Kier alpha value is -3.03. The molecule has 0 atom stereocenters. The molecular weight excluding hydrogens is 352 g/mol. The van der Waals surface area contributed by atoms with Crippen molar-refractivity contribution in [3.63, 3.8) is 0 Å². The number of carbonyl (C=O) groups is 2. The van der Waals surface area contributed by atoms with Crippen LogP contribution in [-0.4, -0.2) is 48.8 Å². The lowest BCUT2D eigenvalue weighted by Crippen LogP contribution is -2.19. The summed E-state index contributed by atoms with van der Waals surface area (Å²) in [5.74, 6) is 0.158. The second-order valence-electron chi connectivity index (χ2n) is 5.42. The van der Waals surface area contributed by atoms with Crippen molar-refractivity contribution in [2.45, 2.75) is 27.2 Å². The normalized spacial score (nSPS) is 10.4. The molecule has 146 valence electrons. The van der Waals surface area contributed by atoms with E-state index < -0.39 is 12.1 Å². The average molecular weight is 376 g/mol. The lowest BCUT2D eigenvalue weighted by atomic mass is 10.1. The van der Waals surface area contributed by atoms with Gasteiger partial charge in [-0.1, -0.05) is 12.1 Å². The molecule has 0 saturated heterocycles. The maximum atomic E-state index is 12.5. The van der Waals surface area contributed by atoms with Crippen molar-refractivity contribution in [2.75, 3.05) is 26.9 Å². The van der Waals surface area contributed by atoms with Gasteiger partial charge in [0.15, 0.2) is 0 Å². The molecule has 8 heteroatoms. The van der Waals surface area contributed by atoms with Crippen LogP contribution < -0.4 is 9.47 Å². The smallest absolute Gasteiger partial charge is 0.435 e. The second kappa shape index (κ2) is 9.61. The fourth-order valence-electron chi connectivity index (χ4n) is 2.51. The Kier molecular flexibility index (Phi) is 7.22. The van der Waals surface area contributed by atoms with Gasteiger partial charge in [0.1, 0.15) is 11.3 Å². The summed E-state index contributed by atoms with van der Waals surface area (Å²) in [5, 5.41) is 4.15. The van der Waals surface area contributed by atoms with E-state index in [1.165, 1.54) is 0 Å². The van der Waals surface area contributed by atoms with Gasteiger partial charge in [0.05, 0.1) is 32.6 Å². The van der Waals surface area contributed by atoms with Gasteiger partial charge in [0.2, 0.25) is 5.88 Å². The summed E-state index contributed by atoms with van der Waals surface area (Å²) in [4.78, 5) is 24.9. The lowest BCUT2D eigenvalue weighted by Gasteiger charge is -2.09. The molecule has 8 nitrogen and oxygen atoms in total. The van der Waals surface area contributed by atoms with Crippen LogP contribution in [-0.2, 0) is 15.9 Å². The van der Waals surface area contributed by atoms with Crippen LogP contribution in [0.1, 0.15) is 42.4 Å². The fourth-order valence-corrected chi connectivity index (χ4v) is 2.51. The molecule has 0 N–H and O–H groups in total. The number of methoxy groups -OCH3 is 1. The first kappa shape index (κ1) is 20.3. The zero-order chi connectivity index (χ0) is 19.8. The lowest BCUT2D eigenvalue weighted by molar-refractivity contribution is 0.0521. The van der Waals surface area contributed by atoms with Crippen LogP contribution in [0, 0.1) is 0 Å². The molecule has 0 radical (unpaired) electrons. The largest absolute Gasteiger partial charge is 0.497 e. The zero-order valence-corrected chi connectivity index (χ0v) is 16.0. The van der Waals surface area contributed by atoms with Crippen LogP contribution in [0.25, 0.3) is 0 Å². The van der Waals surface area contributed by atoms with Crippen molar-refractivity contribution in [1.82, 2.24) is 9.78 Å². The summed E-state index contributed by atoms with van der Waals surface area (Å²) in [6.45, 7) is 5.82. The van der Waals surface area contributed by atoms with Crippen LogP contribution in [0.2, 0.25) is 0 Å². The van der Waals surface area contributed by atoms with Gasteiger partial charge in [-0.2, -0.15) is 4.68 Å². The topological polar surface area (TPSA) is 88.9 Å². The highest BCUT2D eigenvalue weighted by atomic mass is 16.6. The summed E-state index contributed by atoms with van der Waals surface area (Å²) in [7, 11) is 1.58. The summed E-state index contributed by atoms with van der Waals surface area (Å²) in [6.07, 6.45) is -0.422. The third-order valence-corrected chi connectivity index (χ3v) is 3.68. The number of esters is 1. The molecule has 2 rings (SSSR count). The van der Waals surface area contributed by atoms with Gasteiger partial charge < -0.3 is 18.9 Å². The first-order valence-electron chi connectivity index (χ1n) is 8.77. The zero-order valence-electron chi connectivity index (χ0n) is 16.0. The van der Waals surface area contributed by atoms with E-state index in [0.717, 1.165) is 10.2 Å². The van der Waals surface area contributed by atoms with Gasteiger partial charge >= 0.3 is 12.1 Å². The Bertz CT molecular complexity index is 782. The highest BCUT2D eigenvalue weighted by molar-refractivity contribution is 5.94. The molecule has 27 heavy (non-hydrogen) atoms. The molecule has 0 bridgehead atoms. The molecule has 0 aliphatic carbocycles. The van der Waals surface area contributed by atoms with E-state index in [1.807, 2.05) is 12.1 Å². The fraction of sp³-hybridized carbons (Fsp3) is 0.421. The Morgan fingerprint density at radius 1 is 1.00 bits per heavy atom. The standard InChI is InChI=1S/C19H24N2O6/c1-5-25-17-16(18(22)26-6-2)15(21(20-17)19(23)27-7-3)12-13-8-10-14(24-4)11-9-13/h8-11H,5-7,12H2,1-4H3. The molecule has 0 aliphatic heterocycles. The third-order valence-electron chi connectivity index (χ3n) is 3.68. The highest BCUT2D eigenvalue weighted by Gasteiger charge is 2.29. The van der Waals surface area contributed by atoms with Crippen LogP contribution >= 0.6 is 0 Å². The van der Waals surface area contributed by atoms with E-state index in [-0.39, 0.29) is 37.7 Å². The van der Waals surface area contributed by atoms with Crippen molar-refractivity contribution in [1.29, 1.82) is 0 Å². The molecule has 1 aromatic carbocycles. The quantitative estimate of drug-likeness (QED) is 0.654. The van der Waals surface area contributed by atoms with Crippen molar-refractivity contribution in [3.8, 4) is 11.6 Å². The number of benzene rings is 1. The van der Waals surface area contributed by atoms with Crippen LogP contribution in [0.3, 0.4) is 0 Å². The Balaban J connectivity index is 2.53. The van der Waals surface area contributed by atoms with E-state index in [4.69, 9.17) is 18.9 Å². The maximum Gasteiger partial charge on any atom is 0.435 e. The van der Waals surface area contributed by atoms with Crippen molar-refractivity contribution >= 4 is 12.1 Å². The molecular formula is C19H24N2O6. The maximum absolute atomic E-state index is 12.5. The molecule has 2 aromatic rings. The number of rotatable bonds is 8. The third kappa shape index (κ3) is 4.78. The summed E-state index contributed by atoms with van der Waals surface area (Å²) < 4.78 is 21.9. The predicted molar refractivity (Wildman–Crippen MR) is 97.6 cm³/mol. The second-order valence-corrected chi connectivity index (χ2v) is 5.42. The van der Waals surface area contributed by atoms with Gasteiger partial charge in [-0.3, -0.25) is 0 Å². The van der Waals surface area contributed by atoms with E-state index >= 15 is 0 Å². The van der Waals surface area contributed by atoms with E-state index in [1.54, 1.807) is 40.0 Å². The monoisotopic (exact) mass is 376 g/mol. The minimum absolute atomic E-state index is 0.0486. The Morgan fingerprint density at radius 3 is 2.22 bits per heavy atom. The number of ether oxygens (including phenoxy) is 4. The van der Waals surface area contributed by atoms with Crippen LogP contribution in [0.5, 0.6) is 11.6 Å². The van der Waals surface area contributed by atoms with Crippen LogP contribution in [0.15, 0.2) is 24.3 Å². The van der Waals surface area contributed by atoms with Crippen molar-refractivity contribution < 1.29 is 28.5 Å². The highest BCUT2D eigenvalue weighted by Crippen LogP contribution is 2.26. The van der Waals surface area contributed by atoms with E-state index in [9.17, 15) is 9.59 Å². The Labute approximate surface area is 158 Å². The summed E-state index contributed by atoms with van der Waals surface area (Å²) in [5.41, 5.74) is 1.33. The van der Waals surface area contributed by atoms with Gasteiger partial charge in [-0.05, 0) is 38.5 Å². The molecule has 1 heterocycles. The van der Waals surface area contributed by atoms with Gasteiger partial charge in [-0.15, -0.1) is 5.10 Å². The first-order valence-corrected chi connectivity index (χ1v) is 8.77. The molecule has 0 saturated carbocycles. The molecule has 0 aliphatic rings. The SMILES string of the molecule is CCOC(=O)c1c(OCC)nn(C(=O)OCC)c1Cc1ccc(OC)cc1. The van der Waals surface area contributed by atoms with Crippen LogP contribution in [0.4, 0.5) is 4.79 Å². The van der Waals surface area contributed by atoms with Crippen molar-refractivity contribution in [3.05, 3.63) is 41.1 Å². The summed E-state index contributed by atoms with van der Waals surface area (Å²) >= 11 is 0. The van der Waals surface area contributed by atoms with E-state index in [2.05, 4.69) is 5.10 Å². The van der Waals surface area contributed by atoms with Gasteiger partial charge in [0, 0.05) is 6.42 Å². The molecule has 0 fully saturated rings. The van der Waals surface area contributed by atoms with Gasteiger partial charge in [-0.25, -0.2) is 9.59 Å². The number of nitrogens with zero attached hydrogens (tertiary/aromatic N) is 2. The number of carbonyl (C=O) groups excluding carboxylic acids is 2. The molecule has 0 spiro atoms. The van der Waals surface area contributed by atoms with E-state index in [0.29, 0.717) is 11.4 Å². The molecule has 0 unspecified atom stereocenters. The predicted octanol–water partition coefficient (Wildman–Crippen LogP) is 3.06. The van der Waals surface area contributed by atoms with Gasteiger partial charge in [0.25, 0.3) is 0 Å². The number of aromatic nitrogens is 2. The minimum atomic E-state index is -0.683. The minimum Gasteiger partial charge on any atom is -0.497 e.